The molecule has 0 radical (unpaired) electrons. The van der Waals surface area contributed by atoms with Gasteiger partial charge >= 0.3 is 6.09 Å². The monoisotopic (exact) mass is 538 g/mol. The van der Waals surface area contributed by atoms with Crippen LogP contribution in [0, 0.1) is 5.92 Å². The molecule has 1 aromatic rings. The smallest absolute Gasteiger partial charge is 0.410 e. The zero-order valence-electron chi connectivity index (χ0n) is 21.8. The van der Waals surface area contributed by atoms with Crippen LogP contribution in [0.15, 0.2) is 10.6 Å². The van der Waals surface area contributed by atoms with Gasteiger partial charge in [0.05, 0.1) is 24.9 Å². The highest BCUT2D eigenvalue weighted by atomic mass is 32.2. The third-order valence-corrected chi connectivity index (χ3v) is 9.97. The fourth-order valence-corrected chi connectivity index (χ4v) is 8.34. The van der Waals surface area contributed by atoms with Crippen LogP contribution in [0.3, 0.4) is 0 Å². The van der Waals surface area contributed by atoms with Crippen LogP contribution in [0.5, 0.6) is 0 Å². The van der Waals surface area contributed by atoms with E-state index in [0.717, 1.165) is 12.8 Å². The molecule has 5 heterocycles. The van der Waals surface area contributed by atoms with Gasteiger partial charge in [0.1, 0.15) is 11.4 Å². The van der Waals surface area contributed by atoms with Gasteiger partial charge in [0.15, 0.2) is 5.69 Å². The quantitative estimate of drug-likeness (QED) is 0.585. The minimum Gasteiger partial charge on any atom is -0.444 e. The number of piperidine rings is 2. The number of rotatable bonds is 6. The van der Waals surface area contributed by atoms with Gasteiger partial charge in [0.25, 0.3) is 5.91 Å². The van der Waals surface area contributed by atoms with E-state index in [-0.39, 0.29) is 53.4 Å². The van der Waals surface area contributed by atoms with Crippen LogP contribution in [0.25, 0.3) is 0 Å². The number of nitrogens with zero attached hydrogens (tertiary/aromatic N) is 3. The summed E-state index contributed by atoms with van der Waals surface area (Å²) in [6, 6.07) is 1.37. The molecular weight excluding hydrogens is 500 g/mol. The van der Waals surface area contributed by atoms with Crippen molar-refractivity contribution in [1.29, 1.82) is 0 Å². The molecule has 2 bridgehead atoms. The Morgan fingerprint density at radius 3 is 2.32 bits per heavy atom. The summed E-state index contributed by atoms with van der Waals surface area (Å²) in [5.41, 5.74) is -0.298. The van der Waals surface area contributed by atoms with Crippen molar-refractivity contribution in [1.82, 2.24) is 19.7 Å². The van der Waals surface area contributed by atoms with E-state index in [2.05, 4.69) is 10.5 Å². The maximum Gasteiger partial charge on any atom is 0.410 e. The van der Waals surface area contributed by atoms with E-state index >= 15 is 0 Å². The molecule has 4 saturated heterocycles. The van der Waals surface area contributed by atoms with Gasteiger partial charge in [-0.25, -0.2) is 13.2 Å². The first kappa shape index (κ1) is 26.4. The van der Waals surface area contributed by atoms with Crippen molar-refractivity contribution in [3.8, 4) is 0 Å². The van der Waals surface area contributed by atoms with Crippen LogP contribution >= 0.6 is 0 Å². The Morgan fingerprint density at radius 2 is 1.76 bits per heavy atom. The maximum atomic E-state index is 13.5. The Labute approximate surface area is 218 Å². The highest BCUT2D eigenvalue weighted by Crippen LogP contribution is 2.39. The number of likely N-dealkylation sites (tertiary alicyclic amines) is 1. The predicted molar refractivity (Wildman–Crippen MR) is 134 cm³/mol. The average molecular weight is 539 g/mol. The molecule has 0 aliphatic carbocycles. The van der Waals surface area contributed by atoms with Gasteiger partial charge in [-0.05, 0) is 65.2 Å². The average Bonchev–Trinajstić information content (AvgIpc) is 3.35. The van der Waals surface area contributed by atoms with Crippen molar-refractivity contribution in [3.63, 3.8) is 0 Å². The fourth-order valence-electron chi connectivity index (χ4n) is 5.95. The molecule has 3 atom stereocenters. The van der Waals surface area contributed by atoms with E-state index in [1.54, 1.807) is 15.3 Å². The molecule has 1 N–H and O–H groups in total. The molecule has 0 spiro atoms. The van der Waals surface area contributed by atoms with Crippen molar-refractivity contribution in [2.24, 2.45) is 5.92 Å². The first-order valence-corrected chi connectivity index (χ1v) is 14.9. The highest BCUT2D eigenvalue weighted by Gasteiger charge is 2.47. The van der Waals surface area contributed by atoms with Gasteiger partial charge in [0.2, 0.25) is 10.0 Å². The summed E-state index contributed by atoms with van der Waals surface area (Å²) in [7, 11) is -3.45. The minimum absolute atomic E-state index is 0.0166. The zero-order chi connectivity index (χ0) is 26.4. The predicted octanol–water partition coefficient (Wildman–Crippen LogP) is 2.49. The fraction of sp³-hybridized carbons (Fsp3) is 0.800. The number of carbonyl (C=O) groups excluding carboxylic acids is 2. The molecule has 0 saturated carbocycles. The zero-order valence-corrected chi connectivity index (χ0v) is 22.7. The molecule has 4 aliphatic heterocycles. The number of fused-ring (bicyclic) bond motifs is 2. The van der Waals surface area contributed by atoms with Crippen molar-refractivity contribution >= 4 is 22.0 Å². The second-order valence-electron chi connectivity index (χ2n) is 11.9. The molecule has 12 heteroatoms. The van der Waals surface area contributed by atoms with Crippen molar-refractivity contribution in [2.75, 3.05) is 32.1 Å². The van der Waals surface area contributed by atoms with Crippen LogP contribution in [0.2, 0.25) is 0 Å². The summed E-state index contributed by atoms with van der Waals surface area (Å²) < 4.78 is 44.6. The van der Waals surface area contributed by atoms with Crippen molar-refractivity contribution in [2.45, 2.75) is 88.9 Å². The Hall–Kier alpha value is -2.18. The normalized spacial score (nSPS) is 27.6. The molecule has 206 valence electrons. The molecule has 1 unspecified atom stereocenters. The van der Waals surface area contributed by atoms with Crippen LogP contribution in [-0.2, 0) is 19.5 Å². The standard InChI is InChI=1S/C25H38N4O7S/c1-25(2,3)35-24(31)28-8-6-16(7-9-28)15-37(32,33)29-19-4-5-20(29)11-18(10-19)26-23(30)21-12-22(36-27-21)17-13-34-14-17/h12,16-20H,4-11,13-15H2,1-3H3,(H,26,30)/t18?,19-,20+. The van der Waals surface area contributed by atoms with E-state index in [9.17, 15) is 18.0 Å². The van der Waals surface area contributed by atoms with E-state index in [0.29, 0.717) is 57.7 Å². The lowest BCUT2D eigenvalue weighted by Crippen LogP contribution is -2.53. The second kappa shape index (κ2) is 10.2. The molecule has 37 heavy (non-hydrogen) atoms. The molecule has 1 aromatic heterocycles. The Kier molecular flexibility index (Phi) is 7.27. The van der Waals surface area contributed by atoms with Gasteiger partial charge in [-0.1, -0.05) is 5.16 Å². The van der Waals surface area contributed by atoms with E-state index < -0.39 is 15.6 Å². The van der Waals surface area contributed by atoms with Crippen LogP contribution < -0.4 is 5.32 Å². The summed E-state index contributed by atoms with van der Waals surface area (Å²) in [5.74, 6) is 0.652. The number of nitrogens with one attached hydrogen (secondary N) is 1. The lowest BCUT2D eigenvalue weighted by atomic mass is 9.99. The van der Waals surface area contributed by atoms with Crippen LogP contribution in [-0.4, -0.2) is 90.6 Å². The Balaban J connectivity index is 1.12. The van der Waals surface area contributed by atoms with Crippen LogP contribution in [0.4, 0.5) is 4.79 Å². The van der Waals surface area contributed by atoms with Gasteiger partial charge in [-0.15, -0.1) is 0 Å². The minimum atomic E-state index is -3.45. The lowest BCUT2D eigenvalue weighted by Gasteiger charge is -2.39. The summed E-state index contributed by atoms with van der Waals surface area (Å²) >= 11 is 0. The number of aromatic nitrogens is 1. The number of carbonyl (C=O) groups is 2. The van der Waals surface area contributed by atoms with Crippen LogP contribution in [0.1, 0.15) is 81.5 Å². The first-order valence-electron chi connectivity index (χ1n) is 13.3. The molecule has 2 amide bonds. The molecule has 0 aromatic carbocycles. The molecule has 4 fully saturated rings. The van der Waals surface area contributed by atoms with E-state index in [1.807, 2.05) is 20.8 Å². The summed E-state index contributed by atoms with van der Waals surface area (Å²) in [6.07, 6.45) is 3.76. The topological polar surface area (TPSA) is 131 Å². The maximum absolute atomic E-state index is 13.5. The van der Waals surface area contributed by atoms with Gasteiger partial charge < -0.3 is 24.2 Å². The lowest BCUT2D eigenvalue weighted by molar-refractivity contribution is -0.00229. The summed E-state index contributed by atoms with van der Waals surface area (Å²) in [4.78, 5) is 26.7. The van der Waals surface area contributed by atoms with Crippen molar-refractivity contribution < 1.29 is 32.0 Å². The van der Waals surface area contributed by atoms with E-state index in [1.165, 1.54) is 0 Å². The molecule has 11 nitrogen and oxygen atoms in total. The molecule has 5 rings (SSSR count). The molecular formula is C25H38N4O7S. The van der Waals surface area contributed by atoms with E-state index in [4.69, 9.17) is 14.0 Å². The van der Waals surface area contributed by atoms with Crippen molar-refractivity contribution in [3.05, 3.63) is 17.5 Å². The SMILES string of the molecule is CC(C)(C)OC(=O)N1CCC(CS(=O)(=O)N2[C@@H]3CC[C@H]2CC(NC(=O)c2cc(C4COC4)on2)C3)CC1. The number of sulfonamides is 1. The second-order valence-corrected chi connectivity index (χ2v) is 13.8. The number of amides is 2. The Morgan fingerprint density at radius 1 is 1.11 bits per heavy atom. The first-order chi connectivity index (χ1) is 17.5. The number of ether oxygens (including phenoxy) is 2. The molecule has 4 aliphatic rings. The summed E-state index contributed by atoms with van der Waals surface area (Å²) in [6.45, 7) is 7.68. The number of hydrogen-bond donors (Lipinski definition) is 1. The Bertz CT molecular complexity index is 1090. The van der Waals surface area contributed by atoms with Gasteiger partial charge in [-0.2, -0.15) is 4.31 Å². The summed E-state index contributed by atoms with van der Waals surface area (Å²) in [5, 5.41) is 6.96. The third-order valence-electron chi connectivity index (χ3n) is 7.84. The highest BCUT2D eigenvalue weighted by molar-refractivity contribution is 7.89. The van der Waals surface area contributed by atoms with Gasteiger partial charge in [-0.3, -0.25) is 4.79 Å². The third kappa shape index (κ3) is 5.96. The largest absolute Gasteiger partial charge is 0.444 e. The van der Waals surface area contributed by atoms with Gasteiger partial charge in [0, 0.05) is 37.3 Å². The number of hydrogen-bond acceptors (Lipinski definition) is 8.